The van der Waals surface area contributed by atoms with Crippen molar-refractivity contribution >= 4 is 5.97 Å². The highest BCUT2D eigenvalue weighted by atomic mass is 16.6. The van der Waals surface area contributed by atoms with E-state index in [1.54, 1.807) is 0 Å². The minimum atomic E-state index is -0.821. The molecule has 2 aromatic rings. The maximum absolute atomic E-state index is 12.6. The van der Waals surface area contributed by atoms with Gasteiger partial charge in [0.2, 0.25) is 0 Å². The number of benzene rings is 2. The molecule has 1 fully saturated rings. The summed E-state index contributed by atoms with van der Waals surface area (Å²) in [5, 5.41) is 0. The molecule has 1 heterocycles. The van der Waals surface area contributed by atoms with Gasteiger partial charge in [0.05, 0.1) is 5.56 Å². The summed E-state index contributed by atoms with van der Waals surface area (Å²) in [7, 11) is 0. The Morgan fingerprint density at radius 3 is 2.35 bits per heavy atom. The van der Waals surface area contributed by atoms with Gasteiger partial charge in [-0.25, -0.2) is 4.79 Å². The van der Waals surface area contributed by atoms with E-state index in [4.69, 9.17) is 4.74 Å². The molecular weight excluding hydrogens is 320 g/mol. The highest BCUT2D eigenvalue weighted by Crippen LogP contribution is 2.55. The average Bonchev–Trinajstić information content (AvgIpc) is 3.26. The van der Waals surface area contributed by atoms with Crippen LogP contribution in [0.4, 0.5) is 0 Å². The van der Waals surface area contributed by atoms with Gasteiger partial charge >= 0.3 is 5.97 Å². The Morgan fingerprint density at radius 1 is 0.923 bits per heavy atom. The summed E-state index contributed by atoms with van der Waals surface area (Å²) in [6.45, 7) is 6.28. The molecule has 0 N–H and O–H groups in total. The number of hydrogen-bond acceptors (Lipinski definition) is 2. The molecule has 0 aromatic heterocycles. The minimum Gasteiger partial charge on any atom is -0.441 e. The van der Waals surface area contributed by atoms with Gasteiger partial charge in [-0.15, -0.1) is 0 Å². The van der Waals surface area contributed by atoms with Gasteiger partial charge in [0.25, 0.3) is 0 Å². The van der Waals surface area contributed by atoms with Crippen LogP contribution in [0, 0.1) is 17.8 Å². The van der Waals surface area contributed by atoms with Crippen molar-refractivity contribution in [2.24, 2.45) is 17.8 Å². The highest BCUT2D eigenvalue weighted by Gasteiger charge is 2.53. The maximum Gasteiger partial charge on any atom is 0.340 e. The minimum absolute atomic E-state index is 0.241. The van der Waals surface area contributed by atoms with Gasteiger partial charge < -0.3 is 4.74 Å². The Labute approximate surface area is 155 Å². The second kappa shape index (κ2) is 6.28. The largest absolute Gasteiger partial charge is 0.441 e. The maximum atomic E-state index is 12.6. The number of ether oxygens (including phenoxy) is 1. The van der Waals surface area contributed by atoms with Crippen molar-refractivity contribution < 1.29 is 9.53 Å². The molecule has 2 aromatic carbocycles. The van der Waals surface area contributed by atoms with E-state index in [-0.39, 0.29) is 5.97 Å². The summed E-state index contributed by atoms with van der Waals surface area (Å²) >= 11 is 0. The molecule has 4 unspecified atom stereocenters. The molecular formula is C24H24O2. The molecule has 132 valence electrons. The van der Waals surface area contributed by atoms with Gasteiger partial charge in [-0.1, -0.05) is 87.5 Å². The first-order valence-electron chi connectivity index (χ1n) is 9.51. The van der Waals surface area contributed by atoms with Crippen LogP contribution >= 0.6 is 0 Å². The summed E-state index contributed by atoms with van der Waals surface area (Å²) in [6, 6.07) is 17.8. The van der Waals surface area contributed by atoms with Crippen LogP contribution in [-0.4, -0.2) is 5.97 Å². The Hall–Kier alpha value is -2.61. The Kier molecular flexibility index (Phi) is 4.07. The van der Waals surface area contributed by atoms with E-state index in [9.17, 15) is 4.79 Å². The van der Waals surface area contributed by atoms with Gasteiger partial charge in [-0.3, -0.25) is 0 Å². The van der Waals surface area contributed by atoms with Gasteiger partial charge in [-0.05, 0) is 23.8 Å². The number of esters is 1. The van der Waals surface area contributed by atoms with Gasteiger partial charge in [0.1, 0.15) is 0 Å². The SMILES string of the molecule is CC.CC1C2C=CC(C3(c4ccccc4)OC(=O)c4ccccc43)=CC12. The van der Waals surface area contributed by atoms with Gasteiger partial charge in [0.15, 0.2) is 5.60 Å². The van der Waals surface area contributed by atoms with Crippen molar-refractivity contribution in [3.63, 3.8) is 0 Å². The first-order chi connectivity index (χ1) is 12.7. The van der Waals surface area contributed by atoms with Crippen LogP contribution in [-0.2, 0) is 10.3 Å². The van der Waals surface area contributed by atoms with Crippen molar-refractivity contribution in [1.29, 1.82) is 0 Å². The molecule has 2 nitrogen and oxygen atoms in total. The van der Waals surface area contributed by atoms with E-state index in [0.717, 1.165) is 16.7 Å². The highest BCUT2D eigenvalue weighted by molar-refractivity contribution is 5.96. The topological polar surface area (TPSA) is 26.3 Å². The van der Waals surface area contributed by atoms with Crippen molar-refractivity contribution in [2.75, 3.05) is 0 Å². The van der Waals surface area contributed by atoms with E-state index >= 15 is 0 Å². The monoisotopic (exact) mass is 344 g/mol. The van der Waals surface area contributed by atoms with Crippen LogP contribution in [0.3, 0.4) is 0 Å². The zero-order valence-corrected chi connectivity index (χ0v) is 15.5. The molecule has 1 saturated carbocycles. The smallest absolute Gasteiger partial charge is 0.340 e. The van der Waals surface area contributed by atoms with Crippen LogP contribution in [0.25, 0.3) is 0 Å². The Morgan fingerprint density at radius 2 is 1.62 bits per heavy atom. The molecule has 3 aliphatic rings. The molecule has 1 aliphatic heterocycles. The lowest BCUT2D eigenvalue weighted by molar-refractivity contribution is 0.0247. The fraction of sp³-hybridized carbons (Fsp3) is 0.292. The first kappa shape index (κ1) is 16.8. The molecule has 0 spiro atoms. The van der Waals surface area contributed by atoms with Gasteiger partial charge in [-0.2, -0.15) is 0 Å². The normalized spacial score (nSPS) is 30.3. The lowest BCUT2D eigenvalue weighted by Crippen LogP contribution is -2.30. The van der Waals surface area contributed by atoms with E-state index in [1.807, 2.05) is 68.4 Å². The van der Waals surface area contributed by atoms with Crippen molar-refractivity contribution in [1.82, 2.24) is 0 Å². The van der Waals surface area contributed by atoms with Crippen molar-refractivity contribution in [3.05, 3.63) is 95.1 Å². The first-order valence-corrected chi connectivity index (χ1v) is 9.51. The molecule has 2 aliphatic carbocycles. The lowest BCUT2D eigenvalue weighted by atomic mass is 9.78. The van der Waals surface area contributed by atoms with Crippen LogP contribution < -0.4 is 0 Å². The van der Waals surface area contributed by atoms with Crippen LogP contribution in [0.2, 0.25) is 0 Å². The number of hydrogen-bond donors (Lipinski definition) is 0. The molecule has 26 heavy (non-hydrogen) atoms. The average molecular weight is 344 g/mol. The summed E-state index contributed by atoms with van der Waals surface area (Å²) < 4.78 is 6.09. The number of carbonyl (C=O) groups is 1. The molecule has 0 bridgehead atoms. The van der Waals surface area contributed by atoms with Crippen LogP contribution in [0.5, 0.6) is 0 Å². The zero-order valence-electron chi connectivity index (χ0n) is 15.5. The molecule has 5 rings (SSSR count). The summed E-state index contributed by atoms with van der Waals surface area (Å²) in [4.78, 5) is 12.6. The molecule has 4 atom stereocenters. The summed E-state index contributed by atoms with van der Waals surface area (Å²) in [5.41, 5.74) is 2.88. The number of fused-ring (bicyclic) bond motifs is 2. The second-order valence-electron chi connectivity index (χ2n) is 6.98. The van der Waals surface area contributed by atoms with Crippen LogP contribution in [0.1, 0.15) is 42.3 Å². The number of carbonyl (C=O) groups excluding carboxylic acids is 1. The number of cyclic esters (lactones) is 1. The van der Waals surface area contributed by atoms with E-state index in [1.165, 1.54) is 0 Å². The Balaban J connectivity index is 0.000000814. The standard InChI is InChI=1S/C22H18O2.C2H6/c1-14-17-12-11-16(13-19(14)17)22(15-7-3-2-4-8-15)20-10-6-5-9-18(20)21(23)24-22;1-2/h2-14,17,19H,1H3;1-2H3. The quantitative estimate of drug-likeness (QED) is 0.672. The fourth-order valence-corrected chi connectivity index (χ4v) is 4.29. The predicted octanol–water partition coefficient (Wildman–Crippen LogP) is 5.51. The summed E-state index contributed by atoms with van der Waals surface area (Å²) in [5.74, 6) is 1.65. The third-order valence-corrected chi connectivity index (χ3v) is 5.75. The van der Waals surface area contributed by atoms with E-state index in [2.05, 4.69) is 25.2 Å². The number of allylic oxidation sites excluding steroid dienone is 2. The van der Waals surface area contributed by atoms with Crippen molar-refractivity contribution in [3.8, 4) is 0 Å². The van der Waals surface area contributed by atoms with E-state index in [0.29, 0.717) is 23.3 Å². The molecule has 0 saturated heterocycles. The lowest BCUT2D eigenvalue weighted by Gasteiger charge is -2.32. The third-order valence-electron chi connectivity index (χ3n) is 5.75. The Bertz CT molecular complexity index is 893. The second-order valence-corrected chi connectivity index (χ2v) is 6.98. The molecule has 0 radical (unpaired) electrons. The fourth-order valence-electron chi connectivity index (χ4n) is 4.29. The molecule has 2 heteroatoms. The number of rotatable bonds is 2. The summed E-state index contributed by atoms with van der Waals surface area (Å²) in [6.07, 6.45) is 6.76. The van der Waals surface area contributed by atoms with E-state index < -0.39 is 5.60 Å². The van der Waals surface area contributed by atoms with Gasteiger partial charge in [0, 0.05) is 16.7 Å². The zero-order chi connectivity index (χ0) is 18.3. The van der Waals surface area contributed by atoms with Crippen LogP contribution in [0.15, 0.2) is 78.4 Å². The molecule has 0 amide bonds. The predicted molar refractivity (Wildman–Crippen MR) is 104 cm³/mol. The third kappa shape index (κ3) is 2.28. The van der Waals surface area contributed by atoms with Crippen molar-refractivity contribution in [2.45, 2.75) is 26.4 Å².